The predicted molar refractivity (Wildman–Crippen MR) is 280 cm³/mol. The third-order valence-electron chi connectivity index (χ3n) is 13.5. The maximum atomic E-state index is 6.26. The second-order valence-electron chi connectivity index (χ2n) is 17.3. The number of nitrogens with zero attached hydrogens (tertiary/aromatic N) is 1. The van der Waals surface area contributed by atoms with Crippen molar-refractivity contribution in [3.05, 3.63) is 249 Å². The standard InChI is InChI=1S/C64H41NO/c1-3-10-56-46(8-1)23-25-52-40-50(32-39-58(52)56)44-18-16-42(17-19-44)43-26-33-53(34-27-43)65(55-37-30-48(31-38-55)59-13-7-15-63-64(59)60-12-5-6-14-62(60)66-63)54-35-28-45(29-36-54)51-24-22-49-21-20-47-9-2-4-11-57(47)61(49)41-51/h1-41H. The molecule has 2 nitrogen and oxygen atoms in total. The molecule has 0 aliphatic carbocycles. The zero-order valence-corrected chi connectivity index (χ0v) is 36.0. The maximum Gasteiger partial charge on any atom is 0.136 e. The fourth-order valence-electron chi connectivity index (χ4n) is 10.1. The van der Waals surface area contributed by atoms with Crippen molar-refractivity contribution in [3.8, 4) is 44.5 Å². The van der Waals surface area contributed by atoms with Crippen LogP contribution >= 0.6 is 0 Å². The quantitative estimate of drug-likeness (QED) is 0.149. The van der Waals surface area contributed by atoms with E-state index in [0.29, 0.717) is 0 Å². The molecule has 0 amide bonds. The Bertz CT molecular complexity index is 3960. The molecule has 308 valence electrons. The van der Waals surface area contributed by atoms with Gasteiger partial charge in [0.05, 0.1) is 0 Å². The van der Waals surface area contributed by atoms with Crippen molar-refractivity contribution in [1.29, 1.82) is 0 Å². The highest BCUT2D eigenvalue weighted by Crippen LogP contribution is 2.41. The van der Waals surface area contributed by atoms with E-state index in [2.05, 4.69) is 241 Å². The molecule has 0 saturated carbocycles. The minimum Gasteiger partial charge on any atom is -0.456 e. The summed E-state index contributed by atoms with van der Waals surface area (Å²) in [6.45, 7) is 0. The van der Waals surface area contributed by atoms with E-state index in [1.165, 1.54) is 76.5 Å². The van der Waals surface area contributed by atoms with Crippen LogP contribution in [0.25, 0.3) is 110 Å². The molecule has 1 aromatic heterocycles. The van der Waals surface area contributed by atoms with E-state index in [4.69, 9.17) is 4.42 Å². The fraction of sp³-hybridized carbons (Fsp3) is 0. The van der Waals surface area contributed by atoms with Crippen molar-refractivity contribution in [2.24, 2.45) is 0 Å². The van der Waals surface area contributed by atoms with E-state index in [1.54, 1.807) is 0 Å². The van der Waals surface area contributed by atoms with E-state index in [0.717, 1.165) is 50.1 Å². The summed E-state index contributed by atoms with van der Waals surface area (Å²) in [5.74, 6) is 0. The van der Waals surface area contributed by atoms with Crippen LogP contribution in [0.1, 0.15) is 0 Å². The van der Waals surface area contributed by atoms with Gasteiger partial charge in [-0.2, -0.15) is 0 Å². The summed E-state index contributed by atoms with van der Waals surface area (Å²) in [7, 11) is 0. The van der Waals surface area contributed by atoms with Gasteiger partial charge in [-0.05, 0) is 148 Å². The summed E-state index contributed by atoms with van der Waals surface area (Å²) < 4.78 is 6.26. The summed E-state index contributed by atoms with van der Waals surface area (Å²) in [6, 6.07) is 90.3. The Morgan fingerprint density at radius 2 is 0.652 bits per heavy atom. The summed E-state index contributed by atoms with van der Waals surface area (Å²) in [6.07, 6.45) is 0. The van der Waals surface area contributed by atoms with Crippen molar-refractivity contribution in [3.63, 3.8) is 0 Å². The average Bonchev–Trinajstić information content (AvgIpc) is 3.78. The Hall–Kier alpha value is -8.72. The monoisotopic (exact) mass is 839 g/mol. The molecule has 0 radical (unpaired) electrons. The molecule has 13 rings (SSSR count). The minimum atomic E-state index is 0.899. The van der Waals surface area contributed by atoms with Gasteiger partial charge in [-0.25, -0.2) is 0 Å². The summed E-state index contributed by atoms with van der Waals surface area (Å²) in [4.78, 5) is 2.35. The van der Waals surface area contributed by atoms with Crippen LogP contribution in [0.5, 0.6) is 0 Å². The molecule has 0 aliphatic heterocycles. The first-order valence-electron chi connectivity index (χ1n) is 22.6. The SMILES string of the molecule is c1ccc2c(c1)ccc1cc(-c3ccc(-c4ccc(N(c5ccc(-c6ccc7ccc8ccccc8c7c6)cc5)c5ccc(-c6cccc7oc8ccccc8c67)cc5)cc4)cc3)ccc12. The smallest absolute Gasteiger partial charge is 0.136 e. The number of furan rings is 1. The maximum absolute atomic E-state index is 6.26. The first-order chi connectivity index (χ1) is 32.7. The zero-order valence-electron chi connectivity index (χ0n) is 36.0. The van der Waals surface area contributed by atoms with Gasteiger partial charge in [-0.1, -0.05) is 188 Å². The highest BCUT2D eigenvalue weighted by Gasteiger charge is 2.17. The van der Waals surface area contributed by atoms with Crippen LogP contribution in [0, 0.1) is 0 Å². The summed E-state index contributed by atoms with van der Waals surface area (Å²) in [5, 5.41) is 12.4. The van der Waals surface area contributed by atoms with Crippen LogP contribution in [0.4, 0.5) is 17.1 Å². The van der Waals surface area contributed by atoms with E-state index in [-0.39, 0.29) is 0 Å². The molecule has 0 bridgehead atoms. The number of anilines is 3. The van der Waals surface area contributed by atoms with Gasteiger partial charge in [0.2, 0.25) is 0 Å². The Morgan fingerprint density at radius 3 is 1.29 bits per heavy atom. The molecule has 1 heterocycles. The molecule has 2 heteroatoms. The summed E-state index contributed by atoms with van der Waals surface area (Å²) >= 11 is 0. The number of hydrogen-bond donors (Lipinski definition) is 0. The third-order valence-corrected chi connectivity index (χ3v) is 13.5. The van der Waals surface area contributed by atoms with Crippen LogP contribution < -0.4 is 4.90 Å². The molecular formula is C64H41NO. The van der Waals surface area contributed by atoms with Crippen LogP contribution in [-0.4, -0.2) is 0 Å². The molecule has 12 aromatic carbocycles. The third kappa shape index (κ3) is 6.50. The van der Waals surface area contributed by atoms with E-state index < -0.39 is 0 Å². The van der Waals surface area contributed by atoms with Gasteiger partial charge in [0, 0.05) is 27.8 Å². The van der Waals surface area contributed by atoms with Gasteiger partial charge in [-0.15, -0.1) is 0 Å². The highest BCUT2D eigenvalue weighted by atomic mass is 16.3. The molecule has 0 aliphatic rings. The van der Waals surface area contributed by atoms with Gasteiger partial charge < -0.3 is 9.32 Å². The summed E-state index contributed by atoms with van der Waals surface area (Å²) in [5.41, 5.74) is 14.5. The van der Waals surface area contributed by atoms with Crippen LogP contribution in [0.2, 0.25) is 0 Å². The van der Waals surface area contributed by atoms with E-state index in [1.807, 2.05) is 12.1 Å². The van der Waals surface area contributed by atoms with Crippen molar-refractivity contribution < 1.29 is 4.42 Å². The van der Waals surface area contributed by atoms with Gasteiger partial charge in [0.15, 0.2) is 0 Å². The second-order valence-corrected chi connectivity index (χ2v) is 17.3. The van der Waals surface area contributed by atoms with Gasteiger partial charge in [0.1, 0.15) is 11.2 Å². The van der Waals surface area contributed by atoms with Gasteiger partial charge >= 0.3 is 0 Å². The van der Waals surface area contributed by atoms with Gasteiger partial charge in [0.25, 0.3) is 0 Å². The molecule has 0 atom stereocenters. The number of rotatable bonds is 7. The van der Waals surface area contributed by atoms with Crippen molar-refractivity contribution in [2.75, 3.05) is 4.90 Å². The van der Waals surface area contributed by atoms with Crippen LogP contribution in [0.3, 0.4) is 0 Å². The Morgan fingerprint density at radius 1 is 0.242 bits per heavy atom. The molecule has 0 unspecified atom stereocenters. The van der Waals surface area contributed by atoms with Crippen molar-refractivity contribution >= 4 is 82.1 Å². The molecule has 0 N–H and O–H groups in total. The molecule has 0 saturated heterocycles. The average molecular weight is 840 g/mol. The lowest BCUT2D eigenvalue weighted by molar-refractivity contribution is 0.669. The molecule has 13 aromatic rings. The Balaban J connectivity index is 0.847. The van der Waals surface area contributed by atoms with Crippen LogP contribution in [0.15, 0.2) is 253 Å². The molecule has 66 heavy (non-hydrogen) atoms. The number of para-hydroxylation sites is 1. The number of hydrogen-bond acceptors (Lipinski definition) is 2. The fourth-order valence-corrected chi connectivity index (χ4v) is 10.1. The minimum absolute atomic E-state index is 0.899. The predicted octanol–water partition coefficient (Wildman–Crippen LogP) is 18.3. The van der Waals surface area contributed by atoms with E-state index in [9.17, 15) is 0 Å². The lowest BCUT2D eigenvalue weighted by Gasteiger charge is -2.26. The van der Waals surface area contributed by atoms with Crippen LogP contribution in [-0.2, 0) is 0 Å². The van der Waals surface area contributed by atoms with E-state index >= 15 is 0 Å². The number of benzene rings is 12. The Kier molecular flexibility index (Phi) is 8.89. The normalized spacial score (nSPS) is 11.6. The highest BCUT2D eigenvalue weighted by molar-refractivity contribution is 6.13. The first-order valence-corrected chi connectivity index (χ1v) is 22.6. The van der Waals surface area contributed by atoms with Crippen molar-refractivity contribution in [2.45, 2.75) is 0 Å². The zero-order chi connectivity index (χ0) is 43.6. The topological polar surface area (TPSA) is 16.4 Å². The Labute approximate surface area is 382 Å². The lowest BCUT2D eigenvalue weighted by atomic mass is 9.96. The first kappa shape index (κ1) is 37.8. The number of fused-ring (bicyclic) bond motifs is 9. The largest absolute Gasteiger partial charge is 0.456 e. The van der Waals surface area contributed by atoms with Gasteiger partial charge in [-0.3, -0.25) is 0 Å². The molecule has 0 spiro atoms. The lowest BCUT2D eigenvalue weighted by Crippen LogP contribution is -2.09. The molecular weight excluding hydrogens is 799 g/mol. The molecule has 0 fully saturated rings. The second kappa shape index (κ2) is 15.5. The van der Waals surface area contributed by atoms with Crippen molar-refractivity contribution in [1.82, 2.24) is 0 Å².